The second kappa shape index (κ2) is 8.91. The van der Waals surface area contributed by atoms with E-state index < -0.39 is 0 Å². The van der Waals surface area contributed by atoms with E-state index in [0.717, 1.165) is 55.8 Å². The van der Waals surface area contributed by atoms with Crippen LogP contribution >= 0.6 is 11.6 Å². The van der Waals surface area contributed by atoms with Crippen molar-refractivity contribution in [3.8, 4) is 5.75 Å². The van der Waals surface area contributed by atoms with Gasteiger partial charge in [-0.2, -0.15) is 0 Å². The first-order chi connectivity index (χ1) is 12.2. The lowest BCUT2D eigenvalue weighted by Crippen LogP contribution is -2.35. The van der Waals surface area contributed by atoms with Crippen LogP contribution in [0.1, 0.15) is 51.0 Å². The number of unbranched alkanes of at least 4 members (excludes halogenated alkanes) is 1. The van der Waals surface area contributed by atoms with Gasteiger partial charge in [0.25, 0.3) is 0 Å². The van der Waals surface area contributed by atoms with Crippen molar-refractivity contribution in [3.63, 3.8) is 0 Å². The monoisotopic (exact) mass is 364 g/mol. The smallest absolute Gasteiger partial charge is 0.224 e. The van der Waals surface area contributed by atoms with Crippen molar-refractivity contribution in [3.05, 3.63) is 22.7 Å². The van der Waals surface area contributed by atoms with Gasteiger partial charge in [0.15, 0.2) is 0 Å². The van der Waals surface area contributed by atoms with Crippen LogP contribution in [-0.4, -0.2) is 37.0 Å². The van der Waals surface area contributed by atoms with E-state index in [1.54, 1.807) is 6.07 Å². The molecule has 5 heteroatoms. The summed E-state index contributed by atoms with van der Waals surface area (Å²) in [6.07, 6.45) is 7.27. The quantitative estimate of drug-likeness (QED) is 0.807. The molecule has 25 heavy (non-hydrogen) atoms. The van der Waals surface area contributed by atoms with Gasteiger partial charge in [-0.15, -0.1) is 0 Å². The van der Waals surface area contributed by atoms with Crippen LogP contribution in [0.3, 0.4) is 0 Å². The predicted molar refractivity (Wildman–Crippen MR) is 103 cm³/mol. The summed E-state index contributed by atoms with van der Waals surface area (Å²) < 4.78 is 5.77. The molecule has 0 unspecified atom stereocenters. The van der Waals surface area contributed by atoms with Crippen LogP contribution in [0.25, 0.3) is 0 Å². The Morgan fingerprint density at radius 1 is 1.36 bits per heavy atom. The highest BCUT2D eigenvalue weighted by atomic mass is 35.5. The molecule has 3 rings (SSSR count). The SMILES string of the molecule is CCCCN1CCC(CC(=O)Nc2cc(Cl)cc3c2OCCC3)CC1. The Kier molecular flexibility index (Phi) is 6.60. The van der Waals surface area contributed by atoms with E-state index in [-0.39, 0.29) is 5.91 Å². The zero-order valence-electron chi connectivity index (χ0n) is 15.2. The highest BCUT2D eigenvalue weighted by Crippen LogP contribution is 2.36. The third-order valence-corrected chi connectivity index (χ3v) is 5.47. The Labute approximate surface area is 155 Å². The van der Waals surface area contributed by atoms with Gasteiger partial charge in [-0.25, -0.2) is 0 Å². The third-order valence-electron chi connectivity index (χ3n) is 5.25. The molecular weight excluding hydrogens is 336 g/mol. The molecule has 1 aromatic rings. The van der Waals surface area contributed by atoms with E-state index in [0.29, 0.717) is 24.0 Å². The van der Waals surface area contributed by atoms with E-state index in [2.05, 4.69) is 17.1 Å². The standard InChI is InChI=1S/C20H29ClN2O2/c1-2-3-8-23-9-6-15(7-10-23)12-19(24)22-18-14-17(21)13-16-5-4-11-25-20(16)18/h13-15H,2-12H2,1H3,(H,22,24). The van der Waals surface area contributed by atoms with Gasteiger partial charge in [0, 0.05) is 11.4 Å². The molecule has 1 N–H and O–H groups in total. The lowest BCUT2D eigenvalue weighted by molar-refractivity contribution is -0.117. The van der Waals surface area contributed by atoms with Crippen molar-refractivity contribution in [1.29, 1.82) is 0 Å². The largest absolute Gasteiger partial charge is 0.491 e. The molecular formula is C20H29ClN2O2. The van der Waals surface area contributed by atoms with Crippen molar-refractivity contribution in [2.45, 2.75) is 51.9 Å². The van der Waals surface area contributed by atoms with Crippen LogP contribution in [0.5, 0.6) is 5.75 Å². The van der Waals surface area contributed by atoms with Crippen molar-refractivity contribution >= 4 is 23.2 Å². The molecule has 2 heterocycles. The number of fused-ring (bicyclic) bond motifs is 1. The Bertz CT molecular complexity index is 598. The average Bonchev–Trinajstić information content (AvgIpc) is 2.61. The number of hydrogen-bond acceptors (Lipinski definition) is 3. The molecule has 1 fully saturated rings. The Morgan fingerprint density at radius 2 is 2.16 bits per heavy atom. The summed E-state index contributed by atoms with van der Waals surface area (Å²) in [6.45, 7) is 6.37. The molecule has 0 spiro atoms. The summed E-state index contributed by atoms with van der Waals surface area (Å²) in [4.78, 5) is 15.0. The minimum absolute atomic E-state index is 0.0747. The van der Waals surface area contributed by atoms with Gasteiger partial charge >= 0.3 is 0 Å². The zero-order chi connectivity index (χ0) is 17.6. The maximum Gasteiger partial charge on any atom is 0.224 e. The summed E-state index contributed by atoms with van der Waals surface area (Å²) in [7, 11) is 0. The normalized spacial score (nSPS) is 18.5. The molecule has 2 aliphatic rings. The maximum atomic E-state index is 12.5. The minimum atomic E-state index is 0.0747. The fourth-order valence-corrected chi connectivity index (χ4v) is 4.04. The molecule has 4 nitrogen and oxygen atoms in total. The number of nitrogens with zero attached hydrogens (tertiary/aromatic N) is 1. The van der Waals surface area contributed by atoms with Crippen LogP contribution in [0.2, 0.25) is 5.02 Å². The number of rotatable bonds is 6. The minimum Gasteiger partial charge on any atom is -0.491 e. The zero-order valence-corrected chi connectivity index (χ0v) is 15.9. The molecule has 2 aliphatic heterocycles. The fourth-order valence-electron chi connectivity index (χ4n) is 3.80. The number of hydrogen-bond donors (Lipinski definition) is 1. The summed E-state index contributed by atoms with van der Waals surface area (Å²) in [6, 6.07) is 3.74. The van der Waals surface area contributed by atoms with E-state index >= 15 is 0 Å². The lowest BCUT2D eigenvalue weighted by Gasteiger charge is -2.31. The van der Waals surface area contributed by atoms with E-state index in [4.69, 9.17) is 16.3 Å². The maximum absolute atomic E-state index is 12.5. The van der Waals surface area contributed by atoms with Crippen molar-refractivity contribution in [1.82, 2.24) is 4.90 Å². The van der Waals surface area contributed by atoms with Crippen molar-refractivity contribution in [2.75, 3.05) is 31.6 Å². The number of carbonyl (C=O) groups is 1. The number of carbonyl (C=O) groups excluding carboxylic acids is 1. The van der Waals surface area contributed by atoms with Gasteiger partial charge in [-0.1, -0.05) is 24.9 Å². The molecule has 0 aliphatic carbocycles. The molecule has 1 amide bonds. The van der Waals surface area contributed by atoms with E-state index in [1.807, 2.05) is 6.07 Å². The first-order valence-electron chi connectivity index (χ1n) is 9.63. The Hall–Kier alpha value is -1.26. The van der Waals surface area contributed by atoms with Crippen LogP contribution in [0, 0.1) is 5.92 Å². The van der Waals surface area contributed by atoms with Gasteiger partial charge in [0.2, 0.25) is 5.91 Å². The fraction of sp³-hybridized carbons (Fsp3) is 0.650. The second-order valence-corrected chi connectivity index (χ2v) is 7.72. The number of piperidine rings is 1. The Morgan fingerprint density at radius 3 is 2.92 bits per heavy atom. The molecule has 138 valence electrons. The summed E-state index contributed by atoms with van der Waals surface area (Å²) in [5, 5.41) is 3.70. The first kappa shape index (κ1) is 18.5. The highest BCUT2D eigenvalue weighted by molar-refractivity contribution is 6.31. The van der Waals surface area contributed by atoms with Crippen LogP contribution < -0.4 is 10.1 Å². The predicted octanol–water partition coefficient (Wildman–Crippen LogP) is 4.51. The van der Waals surface area contributed by atoms with Gasteiger partial charge in [0.1, 0.15) is 5.75 Å². The third kappa shape index (κ3) is 5.11. The van der Waals surface area contributed by atoms with Crippen molar-refractivity contribution < 1.29 is 9.53 Å². The van der Waals surface area contributed by atoms with Gasteiger partial charge in [0.05, 0.1) is 12.3 Å². The number of aryl methyl sites for hydroxylation is 1. The van der Waals surface area contributed by atoms with Gasteiger partial charge in [-0.05, 0) is 75.4 Å². The Balaban J connectivity index is 1.53. The number of ether oxygens (including phenoxy) is 1. The first-order valence-corrected chi connectivity index (χ1v) is 10.0. The second-order valence-electron chi connectivity index (χ2n) is 7.28. The van der Waals surface area contributed by atoms with Crippen LogP contribution in [-0.2, 0) is 11.2 Å². The number of likely N-dealkylation sites (tertiary alicyclic amines) is 1. The number of benzene rings is 1. The molecule has 1 saturated heterocycles. The number of anilines is 1. The van der Waals surface area contributed by atoms with Gasteiger partial charge < -0.3 is 15.0 Å². The van der Waals surface area contributed by atoms with E-state index in [1.165, 1.54) is 19.4 Å². The average molecular weight is 365 g/mol. The summed E-state index contributed by atoms with van der Waals surface area (Å²) in [5.41, 5.74) is 1.82. The van der Waals surface area contributed by atoms with Crippen LogP contribution in [0.15, 0.2) is 12.1 Å². The lowest BCUT2D eigenvalue weighted by atomic mass is 9.93. The molecule has 0 saturated carbocycles. The number of halogens is 1. The molecule has 0 bridgehead atoms. The summed E-state index contributed by atoms with van der Waals surface area (Å²) in [5.74, 6) is 1.36. The number of amides is 1. The molecule has 0 aromatic heterocycles. The molecule has 0 radical (unpaired) electrons. The summed E-state index contributed by atoms with van der Waals surface area (Å²) >= 11 is 6.20. The van der Waals surface area contributed by atoms with Gasteiger partial charge in [-0.3, -0.25) is 4.79 Å². The van der Waals surface area contributed by atoms with Crippen molar-refractivity contribution in [2.24, 2.45) is 5.92 Å². The molecule has 0 atom stereocenters. The van der Waals surface area contributed by atoms with Crippen LogP contribution in [0.4, 0.5) is 5.69 Å². The molecule has 1 aromatic carbocycles. The highest BCUT2D eigenvalue weighted by Gasteiger charge is 2.23. The number of nitrogens with one attached hydrogen (secondary N) is 1. The van der Waals surface area contributed by atoms with E-state index in [9.17, 15) is 4.79 Å². The topological polar surface area (TPSA) is 41.6 Å².